The third-order valence-corrected chi connectivity index (χ3v) is 10.3. The lowest BCUT2D eigenvalue weighted by Crippen LogP contribution is -2.78. The van der Waals surface area contributed by atoms with Crippen LogP contribution in [0.4, 0.5) is 5.69 Å². The number of para-hydroxylation sites is 1. The molecule has 4 aliphatic heterocycles. The van der Waals surface area contributed by atoms with Crippen molar-refractivity contribution in [3.05, 3.63) is 65.7 Å². The summed E-state index contributed by atoms with van der Waals surface area (Å²) in [4.78, 5) is 19.4. The zero-order valence-electron chi connectivity index (χ0n) is 20.8. The second kappa shape index (κ2) is 8.43. The van der Waals surface area contributed by atoms with E-state index in [-0.39, 0.29) is 11.3 Å². The molecule has 4 fully saturated rings. The Hall–Kier alpha value is -2.21. The lowest BCUT2D eigenvalue weighted by atomic mass is 9.44. The molecule has 1 aliphatic carbocycles. The molecular formula is C30H38N4O. The van der Waals surface area contributed by atoms with Gasteiger partial charge in [-0.2, -0.15) is 0 Å². The number of fused-ring (bicyclic) bond motifs is 8. The van der Waals surface area contributed by atoms with Crippen LogP contribution < -0.4 is 15.5 Å². The van der Waals surface area contributed by atoms with E-state index in [1.807, 2.05) is 0 Å². The van der Waals surface area contributed by atoms with Gasteiger partial charge in [-0.05, 0) is 81.9 Å². The highest BCUT2D eigenvalue weighted by molar-refractivity contribution is 6.02. The van der Waals surface area contributed by atoms with Gasteiger partial charge < -0.3 is 20.4 Å². The Morgan fingerprint density at radius 1 is 0.857 bits per heavy atom. The Labute approximate surface area is 209 Å². The van der Waals surface area contributed by atoms with Crippen molar-refractivity contribution in [2.45, 2.75) is 49.2 Å². The maximum atomic E-state index is 14.0. The number of ketones is 1. The normalized spacial score (nSPS) is 38.9. The van der Waals surface area contributed by atoms with Gasteiger partial charge in [0.05, 0.1) is 0 Å². The van der Waals surface area contributed by atoms with Crippen molar-refractivity contribution in [2.24, 2.45) is 17.8 Å². The van der Waals surface area contributed by atoms with E-state index in [4.69, 9.17) is 0 Å². The molecule has 6 atom stereocenters. The Morgan fingerprint density at radius 3 is 2.23 bits per heavy atom. The van der Waals surface area contributed by atoms with Crippen LogP contribution in [0.5, 0.6) is 0 Å². The highest BCUT2D eigenvalue weighted by Crippen LogP contribution is 2.61. The average Bonchev–Trinajstić information content (AvgIpc) is 2.92. The van der Waals surface area contributed by atoms with Crippen LogP contribution in [0.1, 0.15) is 41.6 Å². The summed E-state index contributed by atoms with van der Waals surface area (Å²) in [6, 6.07) is 21.1. The predicted molar refractivity (Wildman–Crippen MR) is 140 cm³/mol. The van der Waals surface area contributed by atoms with Crippen molar-refractivity contribution < 1.29 is 4.79 Å². The minimum atomic E-state index is 0.00908. The molecule has 5 aliphatic rings. The Kier molecular flexibility index (Phi) is 5.30. The van der Waals surface area contributed by atoms with Crippen LogP contribution in [0.2, 0.25) is 0 Å². The number of rotatable bonds is 1. The summed E-state index contributed by atoms with van der Waals surface area (Å²) in [5.41, 5.74) is 3.77. The van der Waals surface area contributed by atoms with Gasteiger partial charge in [0.2, 0.25) is 0 Å². The molecule has 5 nitrogen and oxygen atoms in total. The fourth-order valence-electron chi connectivity index (χ4n) is 9.30. The largest absolute Gasteiger partial charge is 0.362 e. The number of anilines is 1. The summed E-state index contributed by atoms with van der Waals surface area (Å²) in [5.74, 6) is 1.57. The van der Waals surface area contributed by atoms with E-state index in [1.165, 1.54) is 24.1 Å². The maximum Gasteiger partial charge on any atom is 0.167 e. The summed E-state index contributed by atoms with van der Waals surface area (Å²) in [6.45, 7) is 5.27. The number of nitrogens with one attached hydrogen (secondary N) is 2. The fraction of sp³-hybridized carbons (Fsp3) is 0.567. The number of likely N-dealkylation sites (N-methyl/N-ethyl adjacent to an activating group) is 1. The molecule has 2 aromatic rings. The molecule has 4 heterocycles. The van der Waals surface area contributed by atoms with E-state index >= 15 is 0 Å². The first-order chi connectivity index (χ1) is 17.2. The number of Topliss-reactive ketones (excluding diaryl/α,β-unsaturated/α-hetero) is 1. The lowest BCUT2D eigenvalue weighted by Gasteiger charge is -2.69. The smallest absolute Gasteiger partial charge is 0.167 e. The second-order valence-electron chi connectivity index (χ2n) is 11.6. The third kappa shape index (κ3) is 3.01. The van der Waals surface area contributed by atoms with E-state index in [0.29, 0.717) is 35.7 Å². The van der Waals surface area contributed by atoms with Crippen LogP contribution in [0, 0.1) is 17.8 Å². The van der Waals surface area contributed by atoms with E-state index < -0.39 is 0 Å². The van der Waals surface area contributed by atoms with Gasteiger partial charge in [0.25, 0.3) is 0 Å². The van der Waals surface area contributed by atoms with Crippen LogP contribution >= 0.6 is 0 Å². The number of benzene rings is 2. The van der Waals surface area contributed by atoms with Gasteiger partial charge >= 0.3 is 0 Å². The van der Waals surface area contributed by atoms with Crippen molar-refractivity contribution in [1.29, 1.82) is 0 Å². The average molecular weight is 471 g/mol. The summed E-state index contributed by atoms with van der Waals surface area (Å²) in [5, 5.41) is 7.55. The maximum absolute atomic E-state index is 14.0. The van der Waals surface area contributed by atoms with Crippen LogP contribution in [-0.2, 0) is 5.41 Å². The highest BCUT2D eigenvalue weighted by Gasteiger charge is 2.67. The van der Waals surface area contributed by atoms with Gasteiger partial charge in [0.1, 0.15) is 0 Å². The van der Waals surface area contributed by atoms with Crippen molar-refractivity contribution in [3.63, 3.8) is 0 Å². The Balaban J connectivity index is 1.50. The molecule has 7 rings (SSSR count). The first-order valence-electron chi connectivity index (χ1n) is 13.8. The number of nitrogens with zero attached hydrogens (tertiary/aromatic N) is 2. The quantitative estimate of drug-likeness (QED) is 0.670. The predicted octanol–water partition coefficient (Wildman–Crippen LogP) is 3.31. The SMILES string of the molecule is CN1CCCC2C(=O)c3ccccc3C3(C4CCNCC4N(c4ccccc4)C4CNCCC43)C21. The van der Waals surface area contributed by atoms with Gasteiger partial charge in [0.15, 0.2) is 5.78 Å². The minimum Gasteiger partial charge on any atom is -0.362 e. The second-order valence-corrected chi connectivity index (χ2v) is 11.6. The number of carbonyl (C=O) groups is 1. The zero-order chi connectivity index (χ0) is 23.6. The molecule has 35 heavy (non-hydrogen) atoms. The molecule has 1 spiro atoms. The summed E-state index contributed by atoms with van der Waals surface area (Å²) >= 11 is 0. The van der Waals surface area contributed by atoms with Gasteiger partial charge in [-0.15, -0.1) is 0 Å². The zero-order valence-corrected chi connectivity index (χ0v) is 20.8. The lowest BCUT2D eigenvalue weighted by molar-refractivity contribution is -0.0627. The highest BCUT2D eigenvalue weighted by atomic mass is 16.1. The molecule has 0 radical (unpaired) electrons. The minimum absolute atomic E-state index is 0.00908. The summed E-state index contributed by atoms with van der Waals surface area (Å²) < 4.78 is 0. The van der Waals surface area contributed by atoms with Crippen molar-refractivity contribution in [2.75, 3.05) is 44.7 Å². The molecule has 4 saturated heterocycles. The number of hydrogen-bond donors (Lipinski definition) is 2. The van der Waals surface area contributed by atoms with E-state index in [0.717, 1.165) is 51.1 Å². The van der Waals surface area contributed by atoms with Crippen LogP contribution in [0.3, 0.4) is 0 Å². The van der Waals surface area contributed by atoms with E-state index in [2.05, 4.69) is 82.1 Å². The summed E-state index contributed by atoms with van der Waals surface area (Å²) in [7, 11) is 2.32. The van der Waals surface area contributed by atoms with Crippen molar-refractivity contribution >= 4 is 11.5 Å². The molecule has 2 N–H and O–H groups in total. The van der Waals surface area contributed by atoms with Gasteiger partial charge in [0, 0.05) is 53.8 Å². The standard InChI is InChI=1S/C30H38N4O/c1-33-17-7-11-22-28(35)21-10-5-6-12-23(21)30(29(22)33)24-13-15-31-18-26(24)34(20-8-3-2-4-9-20)27-19-32-16-14-25(27)30/h2-6,8-10,12,22,24-27,29,31-32H,7,11,13-19H2,1H3. The molecule has 2 aromatic carbocycles. The first kappa shape index (κ1) is 22.0. The molecule has 184 valence electrons. The van der Waals surface area contributed by atoms with Crippen LogP contribution in [0.15, 0.2) is 54.6 Å². The first-order valence-corrected chi connectivity index (χ1v) is 13.8. The van der Waals surface area contributed by atoms with Gasteiger partial charge in [-0.1, -0.05) is 42.5 Å². The number of piperidine rings is 4. The molecule has 0 aromatic heterocycles. The Bertz CT molecular complexity index is 1080. The number of carbonyl (C=O) groups excluding carboxylic acids is 1. The fourth-order valence-corrected chi connectivity index (χ4v) is 9.30. The molecule has 0 bridgehead atoms. The van der Waals surface area contributed by atoms with Crippen molar-refractivity contribution in [3.8, 4) is 0 Å². The van der Waals surface area contributed by atoms with E-state index in [9.17, 15) is 4.79 Å². The summed E-state index contributed by atoms with van der Waals surface area (Å²) in [6.07, 6.45) is 4.51. The number of hydrogen-bond acceptors (Lipinski definition) is 5. The van der Waals surface area contributed by atoms with Gasteiger partial charge in [-0.25, -0.2) is 0 Å². The molecule has 0 amide bonds. The molecule has 5 heteroatoms. The monoisotopic (exact) mass is 470 g/mol. The van der Waals surface area contributed by atoms with Crippen LogP contribution in [-0.4, -0.2) is 68.6 Å². The van der Waals surface area contributed by atoms with Crippen molar-refractivity contribution in [1.82, 2.24) is 15.5 Å². The molecular weight excluding hydrogens is 432 g/mol. The molecule has 6 unspecified atom stereocenters. The van der Waals surface area contributed by atoms with Crippen LogP contribution in [0.25, 0.3) is 0 Å². The topological polar surface area (TPSA) is 47.6 Å². The third-order valence-electron chi connectivity index (χ3n) is 10.3. The molecule has 0 saturated carbocycles. The van der Waals surface area contributed by atoms with E-state index in [1.54, 1.807) is 0 Å². The van der Waals surface area contributed by atoms with Gasteiger partial charge in [-0.3, -0.25) is 4.79 Å². The number of likely N-dealkylation sites (tertiary alicyclic amines) is 1. The Morgan fingerprint density at radius 2 is 1.51 bits per heavy atom.